The predicted octanol–water partition coefficient (Wildman–Crippen LogP) is 7.91. The highest BCUT2D eigenvalue weighted by Crippen LogP contribution is 2.39. The largest absolute Gasteiger partial charge is 0.283 e. The van der Waals surface area contributed by atoms with Crippen LogP contribution >= 0.6 is 23.4 Å². The lowest BCUT2D eigenvalue weighted by molar-refractivity contribution is 0.572. The molecule has 0 atom stereocenters. The number of benzene rings is 2. The van der Waals surface area contributed by atoms with Gasteiger partial charge in [-0.1, -0.05) is 77.0 Å². The summed E-state index contributed by atoms with van der Waals surface area (Å²) in [4.78, 5) is 2.22. The second-order valence-corrected chi connectivity index (χ2v) is 12.6. The van der Waals surface area contributed by atoms with Gasteiger partial charge in [0.15, 0.2) is 0 Å². The topological polar surface area (TPSA) is 52.0 Å². The Morgan fingerprint density at radius 3 is 1.85 bits per heavy atom. The first kappa shape index (κ1) is 25.9. The first-order valence-corrected chi connectivity index (χ1v) is 13.9. The van der Waals surface area contributed by atoms with Crippen LogP contribution in [0.1, 0.15) is 87.4 Å². The molecule has 3 aromatic rings. The standard InChI is InChI=1S/C26H33ClN2O2S2/c1-15(2)20-13-23(16(3)4)26(24(14-20)17(5)6)33(30,31)29-19(8)25(18(7)28-29)32-22-11-9-21(27)10-12-22/h9-17H,1-8H3. The second-order valence-electron chi connectivity index (χ2n) is 9.40. The molecule has 1 aromatic heterocycles. The van der Waals surface area contributed by atoms with Gasteiger partial charge >= 0.3 is 0 Å². The van der Waals surface area contributed by atoms with Gasteiger partial charge in [-0.3, -0.25) is 0 Å². The Hall–Kier alpha value is -1.76. The minimum atomic E-state index is -3.89. The maximum Gasteiger partial charge on any atom is 0.283 e. The van der Waals surface area contributed by atoms with Crippen molar-refractivity contribution in [1.29, 1.82) is 0 Å². The van der Waals surface area contributed by atoms with Crippen LogP contribution in [0.5, 0.6) is 0 Å². The number of aromatic nitrogens is 2. The van der Waals surface area contributed by atoms with E-state index in [1.807, 2.05) is 65.8 Å². The fraction of sp³-hybridized carbons (Fsp3) is 0.423. The van der Waals surface area contributed by atoms with Gasteiger partial charge in [-0.25, -0.2) is 0 Å². The molecule has 178 valence electrons. The molecule has 0 saturated heterocycles. The molecule has 0 aliphatic carbocycles. The number of aryl methyl sites for hydroxylation is 1. The molecule has 4 nitrogen and oxygen atoms in total. The molecule has 3 rings (SSSR count). The van der Waals surface area contributed by atoms with Gasteiger partial charge in [0.1, 0.15) is 0 Å². The Morgan fingerprint density at radius 2 is 1.39 bits per heavy atom. The van der Waals surface area contributed by atoms with Crippen LogP contribution in [0.3, 0.4) is 0 Å². The molecule has 0 amide bonds. The average Bonchev–Trinajstić information content (AvgIpc) is 3.03. The van der Waals surface area contributed by atoms with Gasteiger partial charge in [-0.2, -0.15) is 17.6 Å². The van der Waals surface area contributed by atoms with Gasteiger partial charge in [0.2, 0.25) is 0 Å². The van der Waals surface area contributed by atoms with Gasteiger partial charge in [-0.05, 0) is 72.6 Å². The second kappa shape index (κ2) is 9.85. The van der Waals surface area contributed by atoms with Crippen molar-refractivity contribution in [2.24, 2.45) is 0 Å². The molecule has 0 unspecified atom stereocenters. The first-order valence-electron chi connectivity index (χ1n) is 11.3. The SMILES string of the molecule is Cc1nn(S(=O)(=O)c2c(C(C)C)cc(C(C)C)cc2C(C)C)c(C)c1Sc1ccc(Cl)cc1. The number of hydrogen-bond donors (Lipinski definition) is 0. The van der Waals surface area contributed by atoms with Crippen molar-refractivity contribution < 1.29 is 8.42 Å². The van der Waals surface area contributed by atoms with Crippen LogP contribution in [-0.2, 0) is 10.0 Å². The van der Waals surface area contributed by atoms with Crippen LogP contribution in [0.15, 0.2) is 51.1 Å². The minimum Gasteiger partial charge on any atom is -0.199 e. The van der Waals surface area contributed by atoms with E-state index in [-0.39, 0.29) is 11.8 Å². The van der Waals surface area contributed by atoms with Crippen LogP contribution in [-0.4, -0.2) is 17.6 Å². The summed E-state index contributed by atoms with van der Waals surface area (Å²) in [6, 6.07) is 11.6. The zero-order chi connectivity index (χ0) is 24.7. The van der Waals surface area contributed by atoms with E-state index in [9.17, 15) is 8.42 Å². The van der Waals surface area contributed by atoms with Crippen molar-refractivity contribution >= 4 is 33.4 Å². The Bertz CT molecular complexity index is 1230. The molecule has 0 radical (unpaired) electrons. The normalized spacial score (nSPS) is 12.4. The monoisotopic (exact) mass is 504 g/mol. The van der Waals surface area contributed by atoms with Crippen LogP contribution in [0.4, 0.5) is 0 Å². The summed E-state index contributed by atoms with van der Waals surface area (Å²) in [6.07, 6.45) is 0. The van der Waals surface area contributed by atoms with Crippen LogP contribution < -0.4 is 0 Å². The third-order valence-electron chi connectivity index (χ3n) is 5.78. The van der Waals surface area contributed by atoms with Crippen molar-refractivity contribution in [3.8, 4) is 0 Å². The van der Waals surface area contributed by atoms with E-state index in [1.54, 1.807) is 0 Å². The van der Waals surface area contributed by atoms with E-state index in [1.165, 1.54) is 15.8 Å². The van der Waals surface area contributed by atoms with Crippen molar-refractivity contribution in [3.63, 3.8) is 0 Å². The quantitative estimate of drug-likeness (QED) is 0.328. The molecule has 33 heavy (non-hydrogen) atoms. The summed E-state index contributed by atoms with van der Waals surface area (Å²) in [5, 5.41) is 5.18. The number of hydrogen-bond acceptors (Lipinski definition) is 4. The fourth-order valence-electron chi connectivity index (χ4n) is 3.88. The van der Waals surface area contributed by atoms with Crippen molar-refractivity contribution in [1.82, 2.24) is 9.19 Å². The van der Waals surface area contributed by atoms with Gasteiger partial charge in [0.25, 0.3) is 10.0 Å². The van der Waals surface area contributed by atoms with Crippen LogP contribution in [0.2, 0.25) is 5.02 Å². The van der Waals surface area contributed by atoms with E-state index in [4.69, 9.17) is 11.6 Å². The number of rotatable bonds is 7. The molecule has 1 heterocycles. The Kier molecular flexibility index (Phi) is 7.72. The zero-order valence-electron chi connectivity index (χ0n) is 20.6. The molecule has 0 N–H and O–H groups in total. The third kappa shape index (κ3) is 5.18. The maximum atomic E-state index is 14.1. The van der Waals surface area contributed by atoms with Gasteiger partial charge < -0.3 is 0 Å². The molecule has 0 aliphatic rings. The van der Waals surface area contributed by atoms with E-state index >= 15 is 0 Å². The number of nitrogens with zero attached hydrogens (tertiary/aromatic N) is 2. The molecule has 0 bridgehead atoms. The summed E-state index contributed by atoms with van der Waals surface area (Å²) in [5.74, 6) is 0.435. The molecule has 7 heteroatoms. The summed E-state index contributed by atoms with van der Waals surface area (Å²) in [7, 11) is -3.89. The van der Waals surface area contributed by atoms with E-state index in [0.29, 0.717) is 27.2 Å². The highest BCUT2D eigenvalue weighted by atomic mass is 35.5. The predicted molar refractivity (Wildman–Crippen MR) is 139 cm³/mol. The number of halogens is 1. The lowest BCUT2D eigenvalue weighted by atomic mass is 9.89. The Morgan fingerprint density at radius 1 is 0.879 bits per heavy atom. The fourth-order valence-corrected chi connectivity index (χ4v) is 7.04. The van der Waals surface area contributed by atoms with E-state index in [0.717, 1.165) is 26.5 Å². The lowest BCUT2D eigenvalue weighted by Gasteiger charge is -2.23. The Balaban J connectivity index is 2.21. The lowest BCUT2D eigenvalue weighted by Crippen LogP contribution is -2.21. The molecule has 0 saturated carbocycles. The highest BCUT2D eigenvalue weighted by molar-refractivity contribution is 7.99. The average molecular weight is 505 g/mol. The summed E-state index contributed by atoms with van der Waals surface area (Å²) < 4.78 is 29.5. The van der Waals surface area contributed by atoms with Crippen molar-refractivity contribution in [2.75, 3.05) is 0 Å². The van der Waals surface area contributed by atoms with Crippen molar-refractivity contribution in [3.05, 3.63) is 69.5 Å². The minimum absolute atomic E-state index is 0.0610. The van der Waals surface area contributed by atoms with Crippen LogP contribution in [0.25, 0.3) is 0 Å². The zero-order valence-corrected chi connectivity index (χ0v) is 23.0. The van der Waals surface area contributed by atoms with Gasteiger partial charge in [-0.15, -0.1) is 0 Å². The summed E-state index contributed by atoms with van der Waals surface area (Å²) in [5.41, 5.74) is 4.17. The first-order chi connectivity index (χ1) is 15.3. The van der Waals surface area contributed by atoms with E-state index in [2.05, 4.69) is 31.1 Å². The molecule has 0 spiro atoms. The molecular weight excluding hydrogens is 472 g/mol. The smallest absolute Gasteiger partial charge is 0.199 e. The Labute approximate surface area is 207 Å². The highest BCUT2D eigenvalue weighted by Gasteiger charge is 2.31. The summed E-state index contributed by atoms with van der Waals surface area (Å²) >= 11 is 7.52. The van der Waals surface area contributed by atoms with E-state index < -0.39 is 10.0 Å². The maximum absolute atomic E-state index is 14.1. The molecule has 2 aromatic carbocycles. The third-order valence-corrected chi connectivity index (χ3v) is 9.14. The van der Waals surface area contributed by atoms with Crippen molar-refractivity contribution in [2.45, 2.75) is 87.8 Å². The summed E-state index contributed by atoms with van der Waals surface area (Å²) in [6.45, 7) is 16.1. The van der Waals surface area contributed by atoms with Gasteiger partial charge in [0, 0.05) is 9.92 Å². The molecule has 0 fully saturated rings. The molecular formula is C26H33ClN2O2S2. The molecule has 0 aliphatic heterocycles. The van der Waals surface area contributed by atoms with Gasteiger partial charge in [0.05, 0.1) is 21.2 Å². The van der Waals surface area contributed by atoms with Crippen LogP contribution in [0, 0.1) is 13.8 Å².